The van der Waals surface area contributed by atoms with Gasteiger partial charge in [0.1, 0.15) is 5.82 Å². The molecule has 0 bridgehead atoms. The lowest BCUT2D eigenvalue weighted by atomic mass is 9.84. The fourth-order valence-electron chi connectivity index (χ4n) is 3.87. The smallest absolute Gasteiger partial charge is 0.339 e. The van der Waals surface area contributed by atoms with Crippen LogP contribution in [0.25, 0.3) is 11.3 Å². The lowest BCUT2D eigenvalue weighted by Gasteiger charge is -2.22. The third-order valence-corrected chi connectivity index (χ3v) is 5.49. The Morgan fingerprint density at radius 3 is 2.31 bits per heavy atom. The summed E-state index contributed by atoms with van der Waals surface area (Å²) in [6.45, 7) is 0. The molecule has 2 aromatic heterocycles. The van der Waals surface area contributed by atoms with Crippen molar-refractivity contribution in [1.29, 1.82) is 0 Å². The van der Waals surface area contributed by atoms with Gasteiger partial charge in [-0.15, -0.1) is 0 Å². The van der Waals surface area contributed by atoms with Gasteiger partial charge in [0.2, 0.25) is 0 Å². The summed E-state index contributed by atoms with van der Waals surface area (Å²) in [7, 11) is 1.47. The van der Waals surface area contributed by atoms with E-state index in [-0.39, 0.29) is 5.82 Å². The number of pyridine rings is 1. The van der Waals surface area contributed by atoms with Gasteiger partial charge < -0.3 is 5.32 Å². The Labute approximate surface area is 167 Å². The molecular weight excluding hydrogens is 377 g/mol. The predicted octanol–water partition coefficient (Wildman–Crippen LogP) is 6.29. The van der Waals surface area contributed by atoms with Crippen LogP contribution in [0.4, 0.5) is 24.7 Å². The molecule has 7 heteroatoms. The molecule has 0 atom stereocenters. The SMILES string of the molecule is Cn1nc(C(F)(F)F)cc1Nc1ccc(-c2ccc(C3CCCCC3)cc2)nc1. The van der Waals surface area contributed by atoms with E-state index in [4.69, 9.17) is 0 Å². The molecule has 4 rings (SSSR count). The number of rotatable bonds is 4. The predicted molar refractivity (Wildman–Crippen MR) is 107 cm³/mol. The van der Waals surface area contributed by atoms with Gasteiger partial charge in [0, 0.05) is 18.7 Å². The van der Waals surface area contributed by atoms with Crippen molar-refractivity contribution in [3.63, 3.8) is 0 Å². The first kappa shape index (κ1) is 19.5. The van der Waals surface area contributed by atoms with E-state index in [0.717, 1.165) is 17.3 Å². The Kier molecular flexibility index (Phi) is 5.30. The molecule has 0 unspecified atom stereocenters. The van der Waals surface area contributed by atoms with E-state index < -0.39 is 11.9 Å². The molecule has 4 nitrogen and oxygen atoms in total. The molecule has 3 aromatic rings. The Balaban J connectivity index is 1.46. The summed E-state index contributed by atoms with van der Waals surface area (Å²) in [5, 5.41) is 6.43. The van der Waals surface area contributed by atoms with E-state index in [0.29, 0.717) is 11.6 Å². The number of hydrogen-bond donors (Lipinski definition) is 1. The highest BCUT2D eigenvalue weighted by Gasteiger charge is 2.34. The lowest BCUT2D eigenvalue weighted by Crippen LogP contribution is -2.06. The second-order valence-corrected chi connectivity index (χ2v) is 7.55. The number of anilines is 2. The minimum Gasteiger partial charge on any atom is -0.339 e. The molecule has 0 saturated heterocycles. The molecule has 1 aliphatic rings. The van der Waals surface area contributed by atoms with Crippen molar-refractivity contribution in [2.24, 2.45) is 7.05 Å². The van der Waals surface area contributed by atoms with Crippen LogP contribution in [-0.4, -0.2) is 14.8 Å². The van der Waals surface area contributed by atoms with E-state index in [1.165, 1.54) is 49.4 Å². The van der Waals surface area contributed by atoms with Crippen LogP contribution in [0.2, 0.25) is 0 Å². The van der Waals surface area contributed by atoms with Gasteiger partial charge in [-0.05, 0) is 36.5 Å². The maximum absolute atomic E-state index is 12.8. The van der Waals surface area contributed by atoms with Gasteiger partial charge in [0.15, 0.2) is 5.69 Å². The fourth-order valence-corrected chi connectivity index (χ4v) is 3.87. The van der Waals surface area contributed by atoms with Gasteiger partial charge in [-0.2, -0.15) is 18.3 Å². The van der Waals surface area contributed by atoms with Crippen molar-refractivity contribution in [3.8, 4) is 11.3 Å². The molecule has 152 valence electrons. The Morgan fingerprint density at radius 1 is 1.00 bits per heavy atom. The maximum atomic E-state index is 12.8. The van der Waals surface area contributed by atoms with E-state index in [1.807, 2.05) is 6.07 Å². The number of alkyl halides is 3. The van der Waals surface area contributed by atoms with Crippen molar-refractivity contribution in [1.82, 2.24) is 14.8 Å². The Morgan fingerprint density at radius 2 is 1.72 bits per heavy atom. The monoisotopic (exact) mass is 400 g/mol. The summed E-state index contributed by atoms with van der Waals surface area (Å²) in [5.41, 5.74) is 2.92. The maximum Gasteiger partial charge on any atom is 0.435 e. The molecule has 1 N–H and O–H groups in total. The fraction of sp³-hybridized carbons (Fsp3) is 0.364. The number of nitrogens with one attached hydrogen (secondary N) is 1. The molecule has 0 amide bonds. The van der Waals surface area contributed by atoms with E-state index in [9.17, 15) is 13.2 Å². The van der Waals surface area contributed by atoms with Crippen molar-refractivity contribution in [3.05, 3.63) is 59.9 Å². The molecule has 1 saturated carbocycles. The van der Waals surface area contributed by atoms with Crippen LogP contribution in [0.3, 0.4) is 0 Å². The van der Waals surface area contributed by atoms with Crippen LogP contribution < -0.4 is 5.32 Å². The van der Waals surface area contributed by atoms with Gasteiger partial charge in [-0.3, -0.25) is 9.67 Å². The van der Waals surface area contributed by atoms with Gasteiger partial charge >= 0.3 is 6.18 Å². The van der Waals surface area contributed by atoms with Gasteiger partial charge in [0.25, 0.3) is 0 Å². The number of aromatic nitrogens is 3. The van der Waals surface area contributed by atoms with E-state index in [1.54, 1.807) is 12.3 Å². The zero-order valence-corrected chi connectivity index (χ0v) is 16.2. The largest absolute Gasteiger partial charge is 0.435 e. The molecule has 2 heterocycles. The van der Waals surface area contributed by atoms with Crippen LogP contribution in [0.1, 0.15) is 49.3 Å². The molecule has 29 heavy (non-hydrogen) atoms. The Bertz CT molecular complexity index is 953. The zero-order chi connectivity index (χ0) is 20.4. The van der Waals surface area contributed by atoms with Crippen molar-refractivity contribution < 1.29 is 13.2 Å². The average molecular weight is 400 g/mol. The molecular formula is C22H23F3N4. The normalized spacial score (nSPS) is 15.4. The minimum atomic E-state index is -4.47. The third kappa shape index (κ3) is 4.44. The summed E-state index contributed by atoms with van der Waals surface area (Å²) >= 11 is 0. The quantitative estimate of drug-likeness (QED) is 0.559. The van der Waals surface area contributed by atoms with Crippen LogP contribution in [0, 0.1) is 0 Å². The number of aryl methyl sites for hydroxylation is 1. The summed E-state index contributed by atoms with van der Waals surface area (Å²) in [5.74, 6) is 0.918. The number of hydrogen-bond acceptors (Lipinski definition) is 3. The van der Waals surface area contributed by atoms with Gasteiger partial charge in [-0.1, -0.05) is 43.5 Å². The number of benzene rings is 1. The first-order chi connectivity index (χ1) is 13.9. The highest BCUT2D eigenvalue weighted by atomic mass is 19.4. The lowest BCUT2D eigenvalue weighted by molar-refractivity contribution is -0.141. The van der Waals surface area contributed by atoms with E-state index >= 15 is 0 Å². The first-order valence-corrected chi connectivity index (χ1v) is 9.85. The first-order valence-electron chi connectivity index (χ1n) is 9.85. The number of halogens is 3. The molecule has 1 aliphatic carbocycles. The zero-order valence-electron chi connectivity index (χ0n) is 16.2. The van der Waals surface area contributed by atoms with Crippen LogP contribution in [0.15, 0.2) is 48.7 Å². The third-order valence-electron chi connectivity index (χ3n) is 5.49. The van der Waals surface area contributed by atoms with Crippen molar-refractivity contribution in [2.45, 2.75) is 44.2 Å². The highest BCUT2D eigenvalue weighted by molar-refractivity contribution is 5.63. The standard InChI is InChI=1S/C22H23F3N4/c1-29-21(13-20(28-29)22(23,24)25)27-18-11-12-19(26-14-18)17-9-7-16(8-10-17)15-5-3-2-4-6-15/h7-15,27H,2-6H2,1H3. The summed E-state index contributed by atoms with van der Waals surface area (Å²) in [6.07, 6.45) is 3.64. The summed E-state index contributed by atoms with van der Waals surface area (Å²) in [6, 6.07) is 13.2. The van der Waals surface area contributed by atoms with Crippen molar-refractivity contribution in [2.75, 3.05) is 5.32 Å². The second-order valence-electron chi connectivity index (χ2n) is 7.55. The summed E-state index contributed by atoms with van der Waals surface area (Å²) < 4.78 is 39.5. The number of nitrogens with zero attached hydrogens (tertiary/aromatic N) is 3. The second kappa shape index (κ2) is 7.89. The molecule has 0 spiro atoms. The molecule has 1 aromatic carbocycles. The topological polar surface area (TPSA) is 42.7 Å². The molecule has 0 radical (unpaired) electrons. The molecule has 0 aliphatic heterocycles. The van der Waals surface area contributed by atoms with Crippen LogP contribution in [0.5, 0.6) is 0 Å². The van der Waals surface area contributed by atoms with Gasteiger partial charge in [-0.25, -0.2) is 0 Å². The van der Waals surface area contributed by atoms with E-state index in [2.05, 4.69) is 39.7 Å². The average Bonchev–Trinajstić information content (AvgIpc) is 3.10. The minimum absolute atomic E-state index is 0.253. The van der Waals surface area contributed by atoms with Gasteiger partial charge in [0.05, 0.1) is 17.6 Å². The highest BCUT2D eigenvalue weighted by Crippen LogP contribution is 2.34. The van der Waals surface area contributed by atoms with Crippen molar-refractivity contribution >= 4 is 11.5 Å². The summed E-state index contributed by atoms with van der Waals surface area (Å²) in [4.78, 5) is 4.46. The molecule has 1 fully saturated rings. The Hall–Kier alpha value is -2.83. The van der Waals surface area contributed by atoms with Crippen LogP contribution in [-0.2, 0) is 13.2 Å². The van der Waals surface area contributed by atoms with Crippen LogP contribution >= 0.6 is 0 Å².